The van der Waals surface area contributed by atoms with Crippen molar-refractivity contribution in [2.75, 3.05) is 0 Å². The Morgan fingerprint density at radius 2 is 1.85 bits per heavy atom. The van der Waals surface area contributed by atoms with Crippen molar-refractivity contribution in [3.63, 3.8) is 0 Å². The molecule has 4 nitrogen and oxygen atoms in total. The van der Waals surface area contributed by atoms with Crippen LogP contribution in [-0.4, -0.2) is 16.2 Å². The van der Waals surface area contributed by atoms with E-state index < -0.39 is 5.97 Å². The van der Waals surface area contributed by atoms with Crippen molar-refractivity contribution in [3.05, 3.63) is 70.1 Å². The van der Waals surface area contributed by atoms with Gasteiger partial charge in [-0.2, -0.15) is 0 Å². The molecule has 1 fully saturated rings. The second kappa shape index (κ2) is 7.66. The molecule has 3 rings (SSSR count). The summed E-state index contributed by atoms with van der Waals surface area (Å²) in [6.07, 6.45) is 1.72. The van der Waals surface area contributed by atoms with E-state index in [9.17, 15) is 9.59 Å². The van der Waals surface area contributed by atoms with Crippen LogP contribution in [0.5, 0.6) is 5.75 Å². The number of nitrogens with one attached hydrogen (secondary N) is 1. The van der Waals surface area contributed by atoms with Crippen molar-refractivity contribution in [1.82, 2.24) is 5.32 Å². The van der Waals surface area contributed by atoms with Crippen LogP contribution >= 0.6 is 24.0 Å². The van der Waals surface area contributed by atoms with E-state index in [0.29, 0.717) is 20.5 Å². The van der Waals surface area contributed by atoms with Gasteiger partial charge in [-0.25, -0.2) is 4.79 Å². The lowest BCUT2D eigenvalue weighted by Gasteiger charge is -2.18. The number of carbonyl (C=O) groups excluding carboxylic acids is 2. The third-order valence-corrected chi connectivity index (χ3v) is 5.16. The third kappa shape index (κ3) is 4.84. The Balaban J connectivity index is 1.74. The highest BCUT2D eigenvalue weighted by molar-refractivity contribution is 8.26. The number of rotatable bonds is 3. The summed E-state index contributed by atoms with van der Waals surface area (Å²) in [5.74, 6) is -0.221. The Labute approximate surface area is 168 Å². The fraction of sp³-hybridized carbons (Fsp3) is 0.190. The summed E-state index contributed by atoms with van der Waals surface area (Å²) in [7, 11) is 0. The van der Waals surface area contributed by atoms with Gasteiger partial charge in [0, 0.05) is 0 Å². The lowest BCUT2D eigenvalue weighted by Crippen LogP contribution is -2.17. The topological polar surface area (TPSA) is 55.4 Å². The highest BCUT2D eigenvalue weighted by atomic mass is 32.2. The van der Waals surface area contributed by atoms with Gasteiger partial charge >= 0.3 is 5.97 Å². The minimum atomic E-state index is -0.422. The van der Waals surface area contributed by atoms with Crippen molar-refractivity contribution in [3.8, 4) is 5.75 Å². The molecule has 0 saturated carbocycles. The number of amides is 1. The van der Waals surface area contributed by atoms with Gasteiger partial charge in [0.2, 0.25) is 0 Å². The minimum absolute atomic E-state index is 0.0249. The number of thioether (sulfide) groups is 1. The number of esters is 1. The third-order valence-electron chi connectivity index (χ3n) is 4.00. The van der Waals surface area contributed by atoms with Gasteiger partial charge in [-0.05, 0) is 46.9 Å². The highest BCUT2D eigenvalue weighted by Crippen LogP contribution is 2.27. The molecular weight excluding hydrogens is 378 g/mol. The van der Waals surface area contributed by atoms with Crippen molar-refractivity contribution in [1.29, 1.82) is 0 Å². The van der Waals surface area contributed by atoms with Gasteiger partial charge in [0.1, 0.15) is 10.1 Å². The summed E-state index contributed by atoms with van der Waals surface area (Å²) in [5.41, 5.74) is 2.42. The Kier molecular flexibility index (Phi) is 5.48. The monoisotopic (exact) mass is 397 g/mol. The molecule has 2 aromatic rings. The van der Waals surface area contributed by atoms with Crippen LogP contribution in [0.3, 0.4) is 0 Å². The van der Waals surface area contributed by atoms with Gasteiger partial charge in [-0.1, -0.05) is 69.0 Å². The molecule has 0 unspecified atom stereocenters. The number of benzene rings is 2. The molecule has 0 aromatic heterocycles. The van der Waals surface area contributed by atoms with Gasteiger partial charge in [-0.15, -0.1) is 0 Å². The fourth-order valence-corrected chi connectivity index (χ4v) is 3.56. The van der Waals surface area contributed by atoms with Gasteiger partial charge in [-0.3, -0.25) is 4.79 Å². The highest BCUT2D eigenvalue weighted by Gasteiger charge is 2.22. The van der Waals surface area contributed by atoms with Crippen LogP contribution in [0, 0.1) is 0 Å². The van der Waals surface area contributed by atoms with Crippen LogP contribution in [-0.2, 0) is 10.2 Å². The van der Waals surface area contributed by atoms with Gasteiger partial charge < -0.3 is 10.1 Å². The second-order valence-corrected chi connectivity index (χ2v) is 8.86. The molecule has 27 heavy (non-hydrogen) atoms. The molecule has 1 N–H and O–H groups in total. The van der Waals surface area contributed by atoms with Crippen LogP contribution in [0.1, 0.15) is 42.3 Å². The van der Waals surface area contributed by atoms with Crippen molar-refractivity contribution >= 4 is 46.3 Å². The molecule has 1 amide bonds. The standard InChI is InChI=1S/C21H19NO3S2/c1-21(2,3)15-9-7-14(8-10-15)19(24)25-16-6-4-5-13(11-16)12-17-18(23)22-20(26)27-17/h4-12H,1-3H3,(H,22,23,26)/b17-12+. The molecule has 2 aromatic carbocycles. The molecule has 6 heteroatoms. The van der Waals surface area contributed by atoms with Gasteiger partial charge in [0.25, 0.3) is 5.91 Å². The minimum Gasteiger partial charge on any atom is -0.423 e. The first-order chi connectivity index (χ1) is 12.7. The van der Waals surface area contributed by atoms with Crippen molar-refractivity contribution < 1.29 is 14.3 Å². The second-order valence-electron chi connectivity index (χ2n) is 7.14. The normalized spacial score (nSPS) is 15.7. The quantitative estimate of drug-likeness (QED) is 0.352. The van der Waals surface area contributed by atoms with Crippen LogP contribution in [0.25, 0.3) is 6.08 Å². The summed E-state index contributed by atoms with van der Waals surface area (Å²) in [6, 6.07) is 14.4. The van der Waals surface area contributed by atoms with Crippen molar-refractivity contribution in [2.45, 2.75) is 26.2 Å². The maximum absolute atomic E-state index is 12.4. The van der Waals surface area contributed by atoms with Gasteiger partial charge in [0.05, 0.1) is 10.5 Å². The molecule has 138 valence electrons. The van der Waals surface area contributed by atoms with E-state index in [1.54, 1.807) is 36.4 Å². The predicted octanol–water partition coefficient (Wildman–Crippen LogP) is 4.69. The molecule has 0 atom stereocenters. The SMILES string of the molecule is CC(C)(C)c1ccc(C(=O)Oc2cccc(/C=C3/SC(=S)NC3=O)c2)cc1. The molecule has 0 spiro atoms. The first kappa shape index (κ1) is 19.3. The number of hydrogen-bond acceptors (Lipinski definition) is 5. The van der Waals surface area contributed by atoms with Crippen LogP contribution in [0.15, 0.2) is 53.4 Å². The zero-order valence-electron chi connectivity index (χ0n) is 15.2. The summed E-state index contributed by atoms with van der Waals surface area (Å²) < 4.78 is 5.92. The molecule has 1 saturated heterocycles. The first-order valence-corrected chi connectivity index (χ1v) is 9.62. The zero-order chi connectivity index (χ0) is 19.6. The van der Waals surface area contributed by atoms with Crippen LogP contribution in [0.4, 0.5) is 0 Å². The average molecular weight is 398 g/mol. The number of carbonyl (C=O) groups is 2. The van der Waals surface area contributed by atoms with Crippen LogP contribution < -0.4 is 10.1 Å². The van der Waals surface area contributed by atoms with E-state index in [-0.39, 0.29) is 11.3 Å². The summed E-state index contributed by atoms with van der Waals surface area (Å²) in [6.45, 7) is 6.36. The molecule has 0 bridgehead atoms. The zero-order valence-corrected chi connectivity index (χ0v) is 16.9. The van der Waals surface area contributed by atoms with Gasteiger partial charge in [0.15, 0.2) is 0 Å². The largest absolute Gasteiger partial charge is 0.423 e. The number of thiocarbonyl (C=S) groups is 1. The lowest BCUT2D eigenvalue weighted by molar-refractivity contribution is -0.115. The van der Waals surface area contributed by atoms with E-state index in [2.05, 4.69) is 26.1 Å². The average Bonchev–Trinajstić information content (AvgIpc) is 2.91. The number of ether oxygens (including phenoxy) is 1. The van der Waals surface area contributed by atoms with E-state index in [1.807, 2.05) is 18.2 Å². The van der Waals surface area contributed by atoms with E-state index in [4.69, 9.17) is 17.0 Å². The smallest absolute Gasteiger partial charge is 0.343 e. The maximum Gasteiger partial charge on any atom is 0.343 e. The van der Waals surface area contributed by atoms with Crippen molar-refractivity contribution in [2.24, 2.45) is 0 Å². The van der Waals surface area contributed by atoms with Crippen LogP contribution in [0.2, 0.25) is 0 Å². The molecule has 0 aliphatic carbocycles. The Bertz CT molecular complexity index is 941. The Morgan fingerprint density at radius 1 is 1.15 bits per heavy atom. The molecule has 0 radical (unpaired) electrons. The fourth-order valence-electron chi connectivity index (χ4n) is 2.51. The molecular formula is C21H19NO3S2. The number of hydrogen-bond donors (Lipinski definition) is 1. The van der Waals surface area contributed by atoms with E-state index in [1.165, 1.54) is 11.8 Å². The molecule has 1 aliphatic heterocycles. The summed E-state index contributed by atoms with van der Waals surface area (Å²) >= 11 is 6.19. The molecule has 1 heterocycles. The van der Waals surface area contributed by atoms with E-state index >= 15 is 0 Å². The predicted molar refractivity (Wildman–Crippen MR) is 113 cm³/mol. The lowest BCUT2D eigenvalue weighted by atomic mass is 9.87. The first-order valence-electron chi connectivity index (χ1n) is 8.40. The Morgan fingerprint density at radius 3 is 2.44 bits per heavy atom. The summed E-state index contributed by atoms with van der Waals surface area (Å²) in [4.78, 5) is 24.7. The maximum atomic E-state index is 12.4. The van der Waals surface area contributed by atoms with E-state index in [0.717, 1.165) is 11.1 Å². The Hall–Kier alpha value is -2.44. The summed E-state index contributed by atoms with van der Waals surface area (Å²) in [5, 5.41) is 2.57. The molecule has 1 aliphatic rings.